The molecule has 0 aliphatic carbocycles. The van der Waals surface area contributed by atoms with Crippen molar-refractivity contribution in [2.75, 3.05) is 22.5 Å². The van der Waals surface area contributed by atoms with Gasteiger partial charge in [0.05, 0.1) is 29.1 Å². The van der Waals surface area contributed by atoms with E-state index in [0.29, 0.717) is 16.8 Å². The van der Waals surface area contributed by atoms with E-state index < -0.39 is 27.9 Å². The van der Waals surface area contributed by atoms with Gasteiger partial charge in [0.1, 0.15) is 6.04 Å². The first-order valence-electron chi connectivity index (χ1n) is 8.98. The number of rotatable bonds is 7. The monoisotopic (exact) mass is 472 g/mol. The summed E-state index contributed by atoms with van der Waals surface area (Å²) in [6.45, 7) is 5.11. The number of carbonyl (C=O) groups is 2. The van der Waals surface area contributed by atoms with E-state index in [4.69, 9.17) is 27.9 Å². The molecule has 0 bridgehead atoms. The van der Waals surface area contributed by atoms with Gasteiger partial charge in [-0.1, -0.05) is 23.2 Å². The summed E-state index contributed by atoms with van der Waals surface area (Å²) in [5.74, 6) is -1.05. The van der Waals surface area contributed by atoms with E-state index in [1.54, 1.807) is 26.0 Å². The van der Waals surface area contributed by atoms with Gasteiger partial charge < -0.3 is 10.1 Å². The van der Waals surface area contributed by atoms with E-state index in [9.17, 15) is 18.0 Å². The SMILES string of the molecule is CCOC(=O)c1ccc(NC(=O)[C@H](C)N(c2cc(Cl)ccc2Cl)S(C)(=O)=O)c(C)c1. The maximum Gasteiger partial charge on any atom is 0.338 e. The van der Waals surface area contributed by atoms with E-state index in [0.717, 1.165) is 10.6 Å². The Hall–Kier alpha value is -2.29. The van der Waals surface area contributed by atoms with Gasteiger partial charge in [-0.15, -0.1) is 0 Å². The lowest BCUT2D eigenvalue weighted by atomic mass is 10.1. The normalized spacial score (nSPS) is 12.2. The average molecular weight is 473 g/mol. The third kappa shape index (κ3) is 5.65. The second-order valence-corrected chi connectivity index (χ2v) is 9.27. The number of aryl methyl sites for hydroxylation is 1. The largest absolute Gasteiger partial charge is 0.462 e. The van der Waals surface area contributed by atoms with Crippen LogP contribution in [0, 0.1) is 6.92 Å². The zero-order valence-corrected chi connectivity index (χ0v) is 19.2. The van der Waals surface area contributed by atoms with E-state index in [2.05, 4.69) is 5.32 Å². The van der Waals surface area contributed by atoms with E-state index in [-0.39, 0.29) is 22.3 Å². The van der Waals surface area contributed by atoms with Crippen LogP contribution in [-0.4, -0.2) is 39.2 Å². The number of nitrogens with zero attached hydrogens (tertiary/aromatic N) is 1. The highest BCUT2D eigenvalue weighted by Gasteiger charge is 2.31. The van der Waals surface area contributed by atoms with Gasteiger partial charge >= 0.3 is 5.97 Å². The fourth-order valence-corrected chi connectivity index (χ4v) is 4.42. The molecule has 10 heteroatoms. The van der Waals surface area contributed by atoms with Crippen molar-refractivity contribution < 1.29 is 22.7 Å². The highest BCUT2D eigenvalue weighted by atomic mass is 35.5. The maximum absolute atomic E-state index is 12.9. The summed E-state index contributed by atoms with van der Waals surface area (Å²) >= 11 is 12.2. The van der Waals surface area contributed by atoms with Crippen LogP contribution in [0.4, 0.5) is 11.4 Å². The standard InChI is InChI=1S/C20H22Cl2N2O5S/c1-5-29-20(26)14-6-9-17(12(2)10-14)23-19(25)13(3)24(30(4,27)28)18-11-15(21)7-8-16(18)22/h6-11,13H,5H2,1-4H3,(H,23,25)/t13-/m0/s1. The minimum absolute atomic E-state index is 0.101. The van der Waals surface area contributed by atoms with Gasteiger partial charge in [-0.2, -0.15) is 0 Å². The molecule has 0 aliphatic rings. The molecule has 0 aliphatic heterocycles. The van der Waals surface area contributed by atoms with E-state index >= 15 is 0 Å². The quantitative estimate of drug-likeness (QED) is 0.607. The maximum atomic E-state index is 12.9. The van der Waals surface area contributed by atoms with Crippen molar-refractivity contribution in [3.05, 3.63) is 57.6 Å². The molecule has 0 unspecified atom stereocenters. The minimum Gasteiger partial charge on any atom is -0.462 e. The van der Waals surface area contributed by atoms with Gasteiger partial charge in [-0.25, -0.2) is 13.2 Å². The number of halogens is 2. The lowest BCUT2D eigenvalue weighted by Gasteiger charge is -2.29. The molecule has 0 aromatic heterocycles. The Kier molecular flexibility index (Phi) is 7.74. The third-order valence-corrected chi connectivity index (χ3v) is 6.01. The topological polar surface area (TPSA) is 92.8 Å². The van der Waals surface area contributed by atoms with Crippen molar-refractivity contribution in [2.45, 2.75) is 26.8 Å². The first-order valence-corrected chi connectivity index (χ1v) is 11.6. The van der Waals surface area contributed by atoms with Crippen molar-refractivity contribution in [3.8, 4) is 0 Å². The number of sulfonamides is 1. The first-order chi connectivity index (χ1) is 14.0. The Bertz CT molecular complexity index is 1070. The molecular weight excluding hydrogens is 451 g/mol. The Morgan fingerprint density at radius 1 is 1.17 bits per heavy atom. The highest BCUT2D eigenvalue weighted by Crippen LogP contribution is 2.32. The number of hydrogen-bond acceptors (Lipinski definition) is 5. The van der Waals surface area contributed by atoms with Crippen LogP contribution in [0.5, 0.6) is 0 Å². The molecule has 2 aromatic carbocycles. The van der Waals surface area contributed by atoms with Gasteiger partial charge in [0, 0.05) is 10.7 Å². The Morgan fingerprint density at radius 2 is 1.83 bits per heavy atom. The van der Waals surface area contributed by atoms with Crippen LogP contribution in [0.15, 0.2) is 36.4 Å². The molecule has 0 fully saturated rings. The molecule has 1 amide bonds. The molecule has 0 radical (unpaired) electrons. The molecule has 1 N–H and O–H groups in total. The lowest BCUT2D eigenvalue weighted by molar-refractivity contribution is -0.116. The second kappa shape index (κ2) is 9.68. The molecule has 1 atom stereocenters. The van der Waals surface area contributed by atoms with Crippen LogP contribution in [0.25, 0.3) is 0 Å². The summed E-state index contributed by atoms with van der Waals surface area (Å²) in [5, 5.41) is 3.11. The molecular formula is C20H22Cl2N2O5S. The van der Waals surface area contributed by atoms with Crippen LogP contribution >= 0.6 is 23.2 Å². The molecule has 2 aromatic rings. The molecule has 0 heterocycles. The Balaban J connectivity index is 2.32. The van der Waals surface area contributed by atoms with Crippen LogP contribution in [0.1, 0.15) is 29.8 Å². The first kappa shape index (κ1) is 24.0. The van der Waals surface area contributed by atoms with Crippen molar-refractivity contribution in [2.24, 2.45) is 0 Å². The van der Waals surface area contributed by atoms with Crippen molar-refractivity contribution in [3.63, 3.8) is 0 Å². The number of nitrogens with one attached hydrogen (secondary N) is 1. The number of hydrogen-bond donors (Lipinski definition) is 1. The molecule has 2 rings (SSSR count). The van der Waals surface area contributed by atoms with Crippen LogP contribution < -0.4 is 9.62 Å². The molecule has 0 spiro atoms. The van der Waals surface area contributed by atoms with E-state index in [1.165, 1.54) is 31.2 Å². The summed E-state index contributed by atoms with van der Waals surface area (Å²) in [7, 11) is -3.86. The van der Waals surface area contributed by atoms with Crippen LogP contribution in [0.2, 0.25) is 10.0 Å². The molecule has 162 valence electrons. The Labute approximate surface area is 186 Å². The number of benzene rings is 2. The predicted molar refractivity (Wildman–Crippen MR) is 119 cm³/mol. The zero-order valence-electron chi connectivity index (χ0n) is 16.9. The number of esters is 1. The number of amides is 1. The van der Waals surface area contributed by atoms with Crippen molar-refractivity contribution in [1.29, 1.82) is 0 Å². The summed E-state index contributed by atoms with van der Waals surface area (Å²) in [6.07, 6.45) is 0.980. The smallest absolute Gasteiger partial charge is 0.338 e. The van der Waals surface area contributed by atoms with Crippen molar-refractivity contribution in [1.82, 2.24) is 0 Å². The van der Waals surface area contributed by atoms with Gasteiger partial charge in [0.15, 0.2) is 0 Å². The second-order valence-electron chi connectivity index (χ2n) is 6.57. The summed E-state index contributed by atoms with van der Waals surface area (Å²) < 4.78 is 30.7. The van der Waals surface area contributed by atoms with Crippen LogP contribution in [0.3, 0.4) is 0 Å². The number of carbonyl (C=O) groups excluding carboxylic acids is 2. The zero-order chi connectivity index (χ0) is 22.6. The van der Waals surface area contributed by atoms with Gasteiger partial charge in [-0.05, 0) is 62.7 Å². The Morgan fingerprint density at radius 3 is 2.40 bits per heavy atom. The highest BCUT2D eigenvalue weighted by molar-refractivity contribution is 7.92. The van der Waals surface area contributed by atoms with E-state index in [1.807, 2.05) is 0 Å². The summed E-state index contributed by atoms with van der Waals surface area (Å²) in [5.41, 5.74) is 1.51. The van der Waals surface area contributed by atoms with Gasteiger partial charge in [0.2, 0.25) is 15.9 Å². The van der Waals surface area contributed by atoms with Crippen LogP contribution in [-0.2, 0) is 19.6 Å². The van der Waals surface area contributed by atoms with Gasteiger partial charge in [-0.3, -0.25) is 9.10 Å². The van der Waals surface area contributed by atoms with Crippen molar-refractivity contribution >= 4 is 56.5 Å². The molecule has 0 saturated heterocycles. The lowest BCUT2D eigenvalue weighted by Crippen LogP contribution is -2.45. The number of ether oxygens (including phenoxy) is 1. The third-order valence-electron chi connectivity index (χ3n) is 4.23. The fourth-order valence-electron chi connectivity index (χ4n) is 2.82. The fraction of sp³-hybridized carbons (Fsp3) is 0.300. The predicted octanol–water partition coefficient (Wildman–Crippen LogP) is 4.27. The summed E-state index contributed by atoms with van der Waals surface area (Å²) in [6, 6.07) is 7.90. The number of anilines is 2. The molecule has 7 nitrogen and oxygen atoms in total. The molecule has 0 saturated carbocycles. The summed E-state index contributed by atoms with van der Waals surface area (Å²) in [4.78, 5) is 24.7. The average Bonchev–Trinajstić information content (AvgIpc) is 2.65. The minimum atomic E-state index is -3.86. The van der Waals surface area contributed by atoms with Gasteiger partial charge in [0.25, 0.3) is 0 Å². The molecule has 30 heavy (non-hydrogen) atoms.